The van der Waals surface area contributed by atoms with Crippen LogP contribution in [0, 0.1) is 0 Å². The Balaban J connectivity index is 2.50. The second-order valence-corrected chi connectivity index (χ2v) is 4.64. The van der Waals surface area contributed by atoms with E-state index in [1.807, 2.05) is 13.8 Å². The number of thioether (sulfide) groups is 1. The van der Waals surface area contributed by atoms with Gasteiger partial charge in [0.2, 0.25) is 5.89 Å². The average Bonchev–Trinajstić information content (AvgIpc) is 2.67. The van der Waals surface area contributed by atoms with Crippen molar-refractivity contribution in [3.8, 4) is 0 Å². The highest BCUT2D eigenvalue weighted by Crippen LogP contribution is 2.14. The fourth-order valence-corrected chi connectivity index (χ4v) is 1.95. The molecule has 1 aromatic rings. The van der Waals surface area contributed by atoms with E-state index < -0.39 is 0 Å². The lowest BCUT2D eigenvalue weighted by Gasteiger charge is -2.09. The highest BCUT2D eigenvalue weighted by Gasteiger charge is 2.13. The fourth-order valence-electron chi connectivity index (χ4n) is 1.36. The van der Waals surface area contributed by atoms with Gasteiger partial charge in [-0.3, -0.25) is 0 Å². The first kappa shape index (κ1) is 13.3. The molecule has 1 heterocycles. The standard InChI is InChI=1S/C10H20N4OS/c1-5-11-8(3)9-13-14-10(15-9)12-7(2)6-16-4/h7-8,11H,5-6H2,1-4H3,(H,12,14). The molecule has 0 saturated heterocycles. The molecule has 0 aliphatic heterocycles. The lowest BCUT2D eigenvalue weighted by molar-refractivity contribution is 0.427. The van der Waals surface area contributed by atoms with Crippen LogP contribution < -0.4 is 10.6 Å². The molecule has 2 unspecified atom stereocenters. The van der Waals surface area contributed by atoms with Crippen LogP contribution in [0.25, 0.3) is 0 Å². The number of rotatable bonds is 7. The molecule has 2 atom stereocenters. The van der Waals surface area contributed by atoms with Crippen molar-refractivity contribution in [3.63, 3.8) is 0 Å². The molecule has 92 valence electrons. The van der Waals surface area contributed by atoms with Crippen molar-refractivity contribution in [1.82, 2.24) is 15.5 Å². The maximum Gasteiger partial charge on any atom is 0.315 e. The van der Waals surface area contributed by atoms with Crippen molar-refractivity contribution in [2.75, 3.05) is 23.9 Å². The zero-order chi connectivity index (χ0) is 12.0. The molecule has 5 nitrogen and oxygen atoms in total. The van der Waals surface area contributed by atoms with Crippen LogP contribution in [-0.2, 0) is 0 Å². The first-order valence-corrected chi connectivity index (χ1v) is 6.89. The molecule has 0 amide bonds. The summed E-state index contributed by atoms with van der Waals surface area (Å²) in [5, 5.41) is 14.4. The SMILES string of the molecule is CCNC(C)c1nnc(NC(C)CSC)o1. The van der Waals surface area contributed by atoms with Gasteiger partial charge < -0.3 is 15.1 Å². The number of hydrogen-bond donors (Lipinski definition) is 2. The van der Waals surface area contributed by atoms with Gasteiger partial charge in [-0.15, -0.1) is 5.10 Å². The van der Waals surface area contributed by atoms with Gasteiger partial charge in [0.05, 0.1) is 6.04 Å². The Labute approximate surface area is 101 Å². The third kappa shape index (κ3) is 4.02. The highest BCUT2D eigenvalue weighted by molar-refractivity contribution is 7.98. The molecule has 0 aliphatic rings. The maximum atomic E-state index is 5.51. The van der Waals surface area contributed by atoms with Crippen LogP contribution in [0.2, 0.25) is 0 Å². The fraction of sp³-hybridized carbons (Fsp3) is 0.800. The number of anilines is 1. The monoisotopic (exact) mass is 244 g/mol. The first-order chi connectivity index (χ1) is 7.67. The van der Waals surface area contributed by atoms with Crippen molar-refractivity contribution in [2.24, 2.45) is 0 Å². The normalized spacial score (nSPS) is 14.8. The van der Waals surface area contributed by atoms with Crippen molar-refractivity contribution in [1.29, 1.82) is 0 Å². The third-order valence-corrected chi connectivity index (χ3v) is 2.94. The molecule has 16 heavy (non-hydrogen) atoms. The van der Waals surface area contributed by atoms with Crippen LogP contribution >= 0.6 is 11.8 Å². The molecular formula is C10H20N4OS. The smallest absolute Gasteiger partial charge is 0.315 e. The molecule has 2 N–H and O–H groups in total. The van der Waals surface area contributed by atoms with Gasteiger partial charge in [-0.2, -0.15) is 11.8 Å². The van der Waals surface area contributed by atoms with Crippen LogP contribution in [0.1, 0.15) is 32.7 Å². The van der Waals surface area contributed by atoms with E-state index in [-0.39, 0.29) is 6.04 Å². The van der Waals surface area contributed by atoms with E-state index in [1.165, 1.54) is 0 Å². The second-order valence-electron chi connectivity index (χ2n) is 3.73. The Hall–Kier alpha value is -0.750. The minimum absolute atomic E-state index is 0.101. The summed E-state index contributed by atoms with van der Waals surface area (Å²) in [5.74, 6) is 1.64. The molecule has 6 heteroatoms. The Bertz CT molecular complexity index is 305. The topological polar surface area (TPSA) is 63.0 Å². The molecule has 0 aliphatic carbocycles. The Kier molecular flexibility index (Phi) is 5.62. The number of nitrogens with one attached hydrogen (secondary N) is 2. The van der Waals surface area contributed by atoms with Gasteiger partial charge in [-0.25, -0.2) is 0 Å². The summed E-state index contributed by atoms with van der Waals surface area (Å²) in [6.45, 7) is 7.03. The summed E-state index contributed by atoms with van der Waals surface area (Å²) < 4.78 is 5.51. The summed E-state index contributed by atoms with van der Waals surface area (Å²) >= 11 is 1.79. The van der Waals surface area contributed by atoms with Crippen LogP contribution in [0.4, 0.5) is 6.01 Å². The van der Waals surface area contributed by atoms with Gasteiger partial charge in [0.15, 0.2) is 0 Å². The van der Waals surface area contributed by atoms with Gasteiger partial charge in [0.25, 0.3) is 0 Å². The molecule has 1 rings (SSSR count). The van der Waals surface area contributed by atoms with E-state index in [9.17, 15) is 0 Å². The Morgan fingerprint density at radius 1 is 1.38 bits per heavy atom. The molecule has 0 fully saturated rings. The molecule has 0 spiro atoms. The Morgan fingerprint density at radius 2 is 2.12 bits per heavy atom. The van der Waals surface area contributed by atoms with E-state index in [0.717, 1.165) is 12.3 Å². The van der Waals surface area contributed by atoms with Crippen molar-refractivity contribution >= 4 is 17.8 Å². The van der Waals surface area contributed by atoms with Gasteiger partial charge in [0.1, 0.15) is 0 Å². The molecule has 1 aromatic heterocycles. The molecule has 0 saturated carbocycles. The lowest BCUT2D eigenvalue weighted by Crippen LogP contribution is -2.18. The van der Waals surface area contributed by atoms with Crippen LogP contribution in [0.3, 0.4) is 0 Å². The van der Waals surface area contributed by atoms with Gasteiger partial charge in [0, 0.05) is 11.8 Å². The van der Waals surface area contributed by atoms with Gasteiger partial charge in [-0.05, 0) is 26.6 Å². The summed E-state index contributed by atoms with van der Waals surface area (Å²) in [6.07, 6.45) is 2.07. The molecule has 0 aromatic carbocycles. The van der Waals surface area contributed by atoms with E-state index in [2.05, 4.69) is 34.0 Å². The van der Waals surface area contributed by atoms with E-state index >= 15 is 0 Å². The third-order valence-electron chi connectivity index (χ3n) is 2.11. The van der Waals surface area contributed by atoms with E-state index in [1.54, 1.807) is 11.8 Å². The molecule has 0 bridgehead atoms. The number of hydrogen-bond acceptors (Lipinski definition) is 6. The minimum Gasteiger partial charge on any atom is -0.406 e. The largest absolute Gasteiger partial charge is 0.406 e. The molecular weight excluding hydrogens is 224 g/mol. The average molecular weight is 244 g/mol. The van der Waals surface area contributed by atoms with E-state index in [0.29, 0.717) is 17.9 Å². The lowest BCUT2D eigenvalue weighted by atomic mass is 10.3. The van der Waals surface area contributed by atoms with Crippen molar-refractivity contribution in [3.05, 3.63) is 5.89 Å². The minimum atomic E-state index is 0.101. The number of nitrogens with zero attached hydrogens (tertiary/aromatic N) is 2. The predicted molar refractivity (Wildman–Crippen MR) is 67.9 cm³/mol. The Morgan fingerprint density at radius 3 is 2.75 bits per heavy atom. The first-order valence-electron chi connectivity index (χ1n) is 5.49. The van der Waals surface area contributed by atoms with Crippen molar-refractivity contribution in [2.45, 2.75) is 32.9 Å². The van der Waals surface area contributed by atoms with Gasteiger partial charge in [-0.1, -0.05) is 12.0 Å². The summed E-state index contributed by atoms with van der Waals surface area (Å²) in [4.78, 5) is 0. The van der Waals surface area contributed by atoms with Crippen LogP contribution in [0.5, 0.6) is 0 Å². The summed E-state index contributed by atoms with van der Waals surface area (Å²) in [5.41, 5.74) is 0. The summed E-state index contributed by atoms with van der Waals surface area (Å²) in [7, 11) is 0. The zero-order valence-electron chi connectivity index (χ0n) is 10.3. The predicted octanol–water partition coefficient (Wildman–Crippen LogP) is 1.90. The molecule has 0 radical (unpaired) electrons. The maximum absolute atomic E-state index is 5.51. The van der Waals surface area contributed by atoms with Gasteiger partial charge >= 0.3 is 6.01 Å². The van der Waals surface area contributed by atoms with Crippen LogP contribution in [0.15, 0.2) is 4.42 Å². The quantitative estimate of drug-likeness (QED) is 0.764. The summed E-state index contributed by atoms with van der Waals surface area (Å²) in [6, 6.07) is 0.933. The van der Waals surface area contributed by atoms with Crippen molar-refractivity contribution < 1.29 is 4.42 Å². The second kappa shape index (κ2) is 6.75. The van der Waals surface area contributed by atoms with E-state index in [4.69, 9.17) is 4.42 Å². The number of aromatic nitrogens is 2. The van der Waals surface area contributed by atoms with Crippen LogP contribution in [-0.4, -0.2) is 34.8 Å². The zero-order valence-corrected chi connectivity index (χ0v) is 11.1. The highest BCUT2D eigenvalue weighted by atomic mass is 32.2.